The van der Waals surface area contributed by atoms with Crippen LogP contribution in [0.1, 0.15) is 24.3 Å². The van der Waals surface area contributed by atoms with Gasteiger partial charge in [-0.3, -0.25) is 4.98 Å². The molecule has 0 aliphatic carbocycles. The number of rotatable bonds is 3. The quantitative estimate of drug-likeness (QED) is 0.826. The second-order valence-corrected chi connectivity index (χ2v) is 3.60. The summed E-state index contributed by atoms with van der Waals surface area (Å²) in [5.41, 5.74) is 2.06. The van der Waals surface area contributed by atoms with Crippen molar-refractivity contribution in [2.45, 2.75) is 19.6 Å². The Bertz CT molecular complexity index is 420. The van der Waals surface area contributed by atoms with Gasteiger partial charge in [0, 0.05) is 30.8 Å². The fourth-order valence-corrected chi connectivity index (χ4v) is 1.64. The van der Waals surface area contributed by atoms with Crippen molar-refractivity contribution in [2.24, 2.45) is 0 Å². The van der Waals surface area contributed by atoms with Crippen LogP contribution in [0.15, 0.2) is 42.9 Å². The lowest BCUT2D eigenvalue weighted by molar-refractivity contribution is 0.190. The van der Waals surface area contributed by atoms with Gasteiger partial charge in [0.25, 0.3) is 0 Å². The van der Waals surface area contributed by atoms with Crippen LogP contribution in [0.4, 0.5) is 0 Å². The summed E-state index contributed by atoms with van der Waals surface area (Å²) in [4.78, 5) is 4.06. The summed E-state index contributed by atoms with van der Waals surface area (Å²) >= 11 is 0. The molecule has 78 valence electrons. The normalized spacial score (nSPS) is 12.7. The van der Waals surface area contributed by atoms with E-state index in [0.29, 0.717) is 0 Å². The van der Waals surface area contributed by atoms with Gasteiger partial charge in [0.1, 0.15) is 0 Å². The molecular formula is C12H14N2O. The Morgan fingerprint density at radius 2 is 2.27 bits per heavy atom. The molecule has 0 saturated heterocycles. The third kappa shape index (κ3) is 2.25. The second-order valence-electron chi connectivity index (χ2n) is 3.60. The minimum absolute atomic E-state index is 0.434. The van der Waals surface area contributed by atoms with E-state index in [0.717, 1.165) is 17.8 Å². The van der Waals surface area contributed by atoms with Gasteiger partial charge in [-0.25, -0.2) is 0 Å². The van der Waals surface area contributed by atoms with Crippen LogP contribution in [0.25, 0.3) is 0 Å². The van der Waals surface area contributed by atoms with Crippen molar-refractivity contribution in [3.05, 3.63) is 54.1 Å². The van der Waals surface area contributed by atoms with Crippen LogP contribution in [-0.4, -0.2) is 14.7 Å². The molecule has 15 heavy (non-hydrogen) atoms. The zero-order valence-electron chi connectivity index (χ0n) is 8.67. The number of aliphatic hydroxyl groups is 1. The van der Waals surface area contributed by atoms with Crippen molar-refractivity contribution < 1.29 is 5.11 Å². The molecule has 0 fully saturated rings. The maximum atomic E-state index is 9.53. The van der Waals surface area contributed by atoms with Crippen molar-refractivity contribution in [3.8, 4) is 0 Å². The Balaban J connectivity index is 2.21. The molecule has 3 heteroatoms. The molecule has 0 bridgehead atoms. The molecule has 2 rings (SSSR count). The molecule has 3 nitrogen and oxygen atoms in total. The minimum Gasteiger partial charge on any atom is -0.387 e. The average molecular weight is 202 g/mol. The summed E-state index contributed by atoms with van der Waals surface area (Å²) in [5, 5.41) is 9.53. The molecule has 0 amide bonds. The summed E-state index contributed by atoms with van der Waals surface area (Å²) in [6.07, 6.45) is 5.13. The van der Waals surface area contributed by atoms with Gasteiger partial charge in [0.2, 0.25) is 0 Å². The summed E-state index contributed by atoms with van der Waals surface area (Å²) in [6.45, 7) is 2.52. The van der Waals surface area contributed by atoms with E-state index in [2.05, 4.69) is 4.98 Å². The highest BCUT2D eigenvalue weighted by Crippen LogP contribution is 2.14. The first-order chi connectivity index (χ1) is 7.27. The van der Waals surface area contributed by atoms with Crippen LogP contribution in [0.3, 0.4) is 0 Å². The summed E-state index contributed by atoms with van der Waals surface area (Å²) in [7, 11) is 0. The molecule has 0 aromatic carbocycles. The first kappa shape index (κ1) is 9.93. The Hall–Kier alpha value is -1.61. The first-order valence-electron chi connectivity index (χ1n) is 4.99. The van der Waals surface area contributed by atoms with Gasteiger partial charge in [0.05, 0.1) is 6.10 Å². The fraction of sp³-hybridized carbons (Fsp3) is 0.250. The smallest absolute Gasteiger partial charge is 0.0911 e. The summed E-state index contributed by atoms with van der Waals surface area (Å²) in [5.74, 6) is 0. The minimum atomic E-state index is -0.434. The van der Waals surface area contributed by atoms with Crippen molar-refractivity contribution in [1.29, 1.82) is 0 Å². The van der Waals surface area contributed by atoms with E-state index >= 15 is 0 Å². The molecule has 0 spiro atoms. The Morgan fingerprint density at radius 1 is 1.40 bits per heavy atom. The molecule has 1 atom stereocenters. The maximum Gasteiger partial charge on any atom is 0.0911 e. The molecule has 2 aromatic rings. The van der Waals surface area contributed by atoms with Gasteiger partial charge in [-0.15, -0.1) is 0 Å². The lowest BCUT2D eigenvalue weighted by Crippen LogP contribution is -2.05. The molecule has 1 N–H and O–H groups in total. The first-order valence-corrected chi connectivity index (χ1v) is 4.99. The van der Waals surface area contributed by atoms with Gasteiger partial charge in [-0.2, -0.15) is 0 Å². The molecule has 0 aliphatic heterocycles. The van der Waals surface area contributed by atoms with Crippen LogP contribution in [-0.2, 0) is 6.54 Å². The standard InChI is InChI=1S/C12H14N2O/c1-10(15)12-5-3-7-14(12)9-11-4-2-6-13-8-11/h2-8,10,15H,9H2,1H3. The molecular weight excluding hydrogens is 188 g/mol. The van der Waals surface area contributed by atoms with E-state index < -0.39 is 6.10 Å². The summed E-state index contributed by atoms with van der Waals surface area (Å²) < 4.78 is 2.03. The zero-order valence-corrected chi connectivity index (χ0v) is 8.67. The number of aromatic nitrogens is 2. The van der Waals surface area contributed by atoms with Crippen LogP contribution in [0.2, 0.25) is 0 Å². The van der Waals surface area contributed by atoms with Crippen LogP contribution in [0.5, 0.6) is 0 Å². The molecule has 2 heterocycles. The highest BCUT2D eigenvalue weighted by atomic mass is 16.3. The third-order valence-corrected chi connectivity index (χ3v) is 2.37. The molecule has 0 aliphatic rings. The van der Waals surface area contributed by atoms with Gasteiger partial charge in [-0.1, -0.05) is 6.07 Å². The van der Waals surface area contributed by atoms with E-state index in [4.69, 9.17) is 0 Å². The van der Waals surface area contributed by atoms with E-state index in [1.807, 2.05) is 41.2 Å². The highest BCUT2D eigenvalue weighted by molar-refractivity contribution is 5.15. The monoisotopic (exact) mass is 202 g/mol. The van der Waals surface area contributed by atoms with E-state index in [1.54, 1.807) is 13.1 Å². The van der Waals surface area contributed by atoms with Gasteiger partial charge >= 0.3 is 0 Å². The predicted molar refractivity (Wildman–Crippen MR) is 58.4 cm³/mol. The van der Waals surface area contributed by atoms with Crippen molar-refractivity contribution in [1.82, 2.24) is 9.55 Å². The average Bonchev–Trinajstić information content (AvgIpc) is 2.67. The lowest BCUT2D eigenvalue weighted by atomic mass is 10.2. The molecule has 0 radical (unpaired) electrons. The van der Waals surface area contributed by atoms with Crippen LogP contribution >= 0.6 is 0 Å². The van der Waals surface area contributed by atoms with Crippen molar-refractivity contribution >= 4 is 0 Å². The number of hydrogen-bond acceptors (Lipinski definition) is 2. The molecule has 0 saturated carbocycles. The number of nitrogens with zero attached hydrogens (tertiary/aromatic N) is 2. The lowest BCUT2D eigenvalue weighted by Gasteiger charge is -2.10. The zero-order chi connectivity index (χ0) is 10.7. The topological polar surface area (TPSA) is 38.0 Å². The second kappa shape index (κ2) is 4.28. The highest BCUT2D eigenvalue weighted by Gasteiger charge is 2.06. The van der Waals surface area contributed by atoms with Crippen LogP contribution in [0, 0.1) is 0 Å². The molecule has 2 aromatic heterocycles. The fourth-order valence-electron chi connectivity index (χ4n) is 1.64. The molecule has 1 unspecified atom stereocenters. The van der Waals surface area contributed by atoms with Gasteiger partial charge in [-0.05, 0) is 30.7 Å². The van der Waals surface area contributed by atoms with Crippen LogP contribution < -0.4 is 0 Å². The van der Waals surface area contributed by atoms with E-state index in [1.165, 1.54) is 0 Å². The number of pyridine rings is 1. The Kier molecular flexibility index (Phi) is 2.83. The Labute approximate surface area is 89.0 Å². The van der Waals surface area contributed by atoms with Crippen molar-refractivity contribution in [3.63, 3.8) is 0 Å². The maximum absolute atomic E-state index is 9.53. The third-order valence-electron chi connectivity index (χ3n) is 2.37. The number of aliphatic hydroxyl groups excluding tert-OH is 1. The van der Waals surface area contributed by atoms with Crippen molar-refractivity contribution in [2.75, 3.05) is 0 Å². The predicted octanol–water partition coefficient (Wildman–Crippen LogP) is 1.98. The summed E-state index contributed by atoms with van der Waals surface area (Å²) in [6, 6.07) is 7.82. The van der Waals surface area contributed by atoms with E-state index in [9.17, 15) is 5.11 Å². The van der Waals surface area contributed by atoms with Gasteiger partial charge < -0.3 is 9.67 Å². The largest absolute Gasteiger partial charge is 0.387 e. The van der Waals surface area contributed by atoms with Gasteiger partial charge in [0.15, 0.2) is 0 Å². The Morgan fingerprint density at radius 3 is 2.93 bits per heavy atom. The van der Waals surface area contributed by atoms with E-state index in [-0.39, 0.29) is 0 Å². The number of hydrogen-bond donors (Lipinski definition) is 1. The SMILES string of the molecule is CC(O)c1cccn1Cc1cccnc1.